The summed E-state index contributed by atoms with van der Waals surface area (Å²) in [5.74, 6) is 1.71. The quantitative estimate of drug-likeness (QED) is 0.425. The number of nitrogens with zero attached hydrogens (tertiary/aromatic N) is 2. The van der Waals surface area contributed by atoms with E-state index in [0.29, 0.717) is 12.3 Å². The first-order chi connectivity index (χ1) is 11.1. The van der Waals surface area contributed by atoms with Crippen molar-refractivity contribution in [1.82, 2.24) is 10.2 Å². The highest BCUT2D eigenvalue weighted by molar-refractivity contribution is 14.0. The van der Waals surface area contributed by atoms with Gasteiger partial charge in [-0.3, -0.25) is 4.99 Å². The van der Waals surface area contributed by atoms with E-state index in [-0.39, 0.29) is 29.7 Å². The fraction of sp³-hybridized carbons (Fsp3) is 0.278. The van der Waals surface area contributed by atoms with Gasteiger partial charge in [-0.15, -0.1) is 24.0 Å². The Labute approximate surface area is 160 Å². The van der Waals surface area contributed by atoms with Gasteiger partial charge in [0.05, 0.1) is 7.11 Å². The molecule has 5 nitrogen and oxygen atoms in total. The molecule has 0 unspecified atom stereocenters. The molecular weight excluding hydrogens is 417 g/mol. The highest BCUT2D eigenvalue weighted by Gasteiger charge is 2.09. The van der Waals surface area contributed by atoms with Gasteiger partial charge in [-0.05, 0) is 23.8 Å². The molecule has 0 spiro atoms. The molecule has 0 aliphatic carbocycles. The Kier molecular flexibility index (Phi) is 8.39. The molecule has 0 heterocycles. The van der Waals surface area contributed by atoms with E-state index in [1.165, 1.54) is 5.56 Å². The smallest absolute Gasteiger partial charge is 0.193 e. The van der Waals surface area contributed by atoms with Crippen molar-refractivity contribution in [3.05, 3.63) is 59.7 Å². The van der Waals surface area contributed by atoms with Gasteiger partial charge in [0.15, 0.2) is 5.96 Å². The average Bonchev–Trinajstić information content (AvgIpc) is 2.57. The fourth-order valence-electron chi connectivity index (χ4n) is 2.32. The molecule has 2 aromatic carbocycles. The van der Waals surface area contributed by atoms with Gasteiger partial charge in [-0.1, -0.05) is 30.3 Å². The summed E-state index contributed by atoms with van der Waals surface area (Å²) in [5, 5.41) is 13.2. The largest absolute Gasteiger partial charge is 0.508 e. The Hall–Kier alpha value is -1.96. The van der Waals surface area contributed by atoms with Gasteiger partial charge >= 0.3 is 0 Å². The molecule has 6 heteroatoms. The molecule has 2 aromatic rings. The molecule has 24 heavy (non-hydrogen) atoms. The Morgan fingerprint density at radius 1 is 1.21 bits per heavy atom. The van der Waals surface area contributed by atoms with Crippen molar-refractivity contribution in [2.75, 3.05) is 21.2 Å². The zero-order valence-corrected chi connectivity index (χ0v) is 16.5. The topological polar surface area (TPSA) is 57.1 Å². The van der Waals surface area contributed by atoms with Gasteiger partial charge in [0.1, 0.15) is 11.5 Å². The number of phenols is 1. The van der Waals surface area contributed by atoms with Crippen molar-refractivity contribution in [3.8, 4) is 11.5 Å². The summed E-state index contributed by atoms with van der Waals surface area (Å²) >= 11 is 0. The highest BCUT2D eigenvalue weighted by Crippen LogP contribution is 2.22. The maximum Gasteiger partial charge on any atom is 0.193 e. The molecular formula is C18H24IN3O2. The second kappa shape index (κ2) is 10.0. The number of aliphatic imine (C=N–C) groups is 1. The minimum Gasteiger partial charge on any atom is -0.508 e. The number of aromatic hydroxyl groups is 1. The summed E-state index contributed by atoms with van der Waals surface area (Å²) < 4.78 is 5.19. The number of methoxy groups -OCH3 is 1. The fourth-order valence-corrected chi connectivity index (χ4v) is 2.32. The Balaban J connectivity index is 0.00000288. The minimum atomic E-state index is 0. The van der Waals surface area contributed by atoms with Gasteiger partial charge < -0.3 is 20.1 Å². The standard InChI is InChI=1S/C18H23N3O2.HI/c1-19-18(21(2)13-14-7-5-4-6-8-14)20-12-15-11-16(23-3)9-10-17(15)22;/h4-11,22H,12-13H2,1-3H3,(H,19,20);1H. The van der Waals surface area contributed by atoms with Crippen molar-refractivity contribution in [1.29, 1.82) is 0 Å². The third-order valence-electron chi connectivity index (χ3n) is 3.56. The molecule has 0 amide bonds. The van der Waals surface area contributed by atoms with E-state index in [1.54, 1.807) is 26.3 Å². The molecule has 0 radical (unpaired) electrons. The van der Waals surface area contributed by atoms with Crippen LogP contribution in [0.25, 0.3) is 0 Å². The predicted octanol–water partition coefficient (Wildman–Crippen LogP) is 3.23. The SMILES string of the molecule is CN=C(NCc1cc(OC)ccc1O)N(C)Cc1ccccc1.I. The number of hydrogen-bond donors (Lipinski definition) is 2. The average molecular weight is 441 g/mol. The minimum absolute atomic E-state index is 0. The number of nitrogens with one attached hydrogen (secondary N) is 1. The second-order valence-corrected chi connectivity index (χ2v) is 5.24. The number of phenolic OH excluding ortho intramolecular Hbond substituents is 1. The van der Waals surface area contributed by atoms with Crippen LogP contribution in [0.1, 0.15) is 11.1 Å². The molecule has 0 aromatic heterocycles. The van der Waals surface area contributed by atoms with Crippen molar-refractivity contribution in [2.45, 2.75) is 13.1 Å². The lowest BCUT2D eigenvalue weighted by Crippen LogP contribution is -2.38. The second-order valence-electron chi connectivity index (χ2n) is 5.24. The first-order valence-corrected chi connectivity index (χ1v) is 7.45. The van der Waals surface area contributed by atoms with Crippen LogP contribution in [0, 0.1) is 0 Å². The molecule has 0 fully saturated rings. The lowest BCUT2D eigenvalue weighted by atomic mass is 10.2. The molecule has 130 valence electrons. The van der Waals surface area contributed by atoms with Crippen molar-refractivity contribution >= 4 is 29.9 Å². The lowest BCUT2D eigenvalue weighted by molar-refractivity contribution is 0.410. The summed E-state index contributed by atoms with van der Waals surface area (Å²) in [6.45, 7) is 1.22. The number of halogens is 1. The van der Waals surface area contributed by atoms with Crippen LogP contribution < -0.4 is 10.1 Å². The van der Waals surface area contributed by atoms with Gasteiger partial charge in [0.2, 0.25) is 0 Å². The third kappa shape index (κ3) is 5.59. The summed E-state index contributed by atoms with van der Waals surface area (Å²) in [4.78, 5) is 6.32. The van der Waals surface area contributed by atoms with Crippen molar-refractivity contribution < 1.29 is 9.84 Å². The van der Waals surface area contributed by atoms with E-state index in [9.17, 15) is 5.11 Å². The summed E-state index contributed by atoms with van der Waals surface area (Å²) in [6.07, 6.45) is 0. The van der Waals surface area contributed by atoms with E-state index < -0.39 is 0 Å². The number of rotatable bonds is 5. The lowest BCUT2D eigenvalue weighted by Gasteiger charge is -2.22. The molecule has 0 aliphatic heterocycles. The number of ether oxygens (including phenoxy) is 1. The summed E-state index contributed by atoms with van der Waals surface area (Å²) in [6, 6.07) is 15.4. The molecule has 0 atom stereocenters. The monoisotopic (exact) mass is 441 g/mol. The van der Waals surface area contributed by atoms with E-state index in [4.69, 9.17) is 4.74 Å². The third-order valence-corrected chi connectivity index (χ3v) is 3.56. The van der Waals surface area contributed by atoms with Gasteiger partial charge in [-0.2, -0.15) is 0 Å². The Morgan fingerprint density at radius 2 is 1.92 bits per heavy atom. The Bertz CT molecular complexity index is 663. The summed E-state index contributed by atoms with van der Waals surface area (Å²) in [7, 11) is 5.33. The molecule has 0 saturated heterocycles. The maximum absolute atomic E-state index is 9.94. The van der Waals surface area contributed by atoms with E-state index in [0.717, 1.165) is 18.1 Å². The van der Waals surface area contributed by atoms with E-state index in [2.05, 4.69) is 22.4 Å². The van der Waals surface area contributed by atoms with E-state index in [1.807, 2.05) is 36.2 Å². The van der Waals surface area contributed by atoms with Crippen LogP contribution in [-0.4, -0.2) is 37.2 Å². The summed E-state index contributed by atoms with van der Waals surface area (Å²) in [5.41, 5.74) is 1.97. The van der Waals surface area contributed by atoms with Crippen LogP contribution in [-0.2, 0) is 13.1 Å². The molecule has 2 N–H and O–H groups in total. The van der Waals surface area contributed by atoms with Crippen LogP contribution >= 0.6 is 24.0 Å². The molecule has 2 rings (SSSR count). The number of guanidine groups is 1. The maximum atomic E-state index is 9.94. The first-order valence-electron chi connectivity index (χ1n) is 7.45. The molecule has 0 bridgehead atoms. The van der Waals surface area contributed by atoms with Crippen molar-refractivity contribution in [3.63, 3.8) is 0 Å². The van der Waals surface area contributed by atoms with Gasteiger partial charge in [0, 0.05) is 32.7 Å². The van der Waals surface area contributed by atoms with E-state index >= 15 is 0 Å². The zero-order valence-electron chi connectivity index (χ0n) is 14.2. The van der Waals surface area contributed by atoms with Crippen LogP contribution in [0.5, 0.6) is 11.5 Å². The zero-order chi connectivity index (χ0) is 16.7. The number of hydrogen-bond acceptors (Lipinski definition) is 3. The van der Waals surface area contributed by atoms with Gasteiger partial charge in [-0.25, -0.2) is 0 Å². The number of benzene rings is 2. The van der Waals surface area contributed by atoms with Gasteiger partial charge in [0.25, 0.3) is 0 Å². The highest BCUT2D eigenvalue weighted by atomic mass is 127. The molecule has 0 aliphatic rings. The molecule has 0 saturated carbocycles. The van der Waals surface area contributed by atoms with Crippen LogP contribution in [0.15, 0.2) is 53.5 Å². The van der Waals surface area contributed by atoms with Crippen molar-refractivity contribution in [2.24, 2.45) is 4.99 Å². The normalized spacial score (nSPS) is 10.7. The predicted molar refractivity (Wildman–Crippen MR) is 108 cm³/mol. The van der Waals surface area contributed by atoms with Crippen LogP contribution in [0.3, 0.4) is 0 Å². The first kappa shape index (κ1) is 20.1. The van der Waals surface area contributed by atoms with Crippen LogP contribution in [0.2, 0.25) is 0 Å². The Morgan fingerprint density at radius 3 is 2.54 bits per heavy atom. The van der Waals surface area contributed by atoms with Crippen LogP contribution in [0.4, 0.5) is 0 Å².